The number of hydrogen-bond donors (Lipinski definition) is 0. The molecule has 11 nitrogen and oxygen atoms in total. The molecule has 36 heavy (non-hydrogen) atoms. The second-order valence-corrected chi connectivity index (χ2v) is 13.3. The van der Waals surface area contributed by atoms with E-state index >= 15 is 0 Å². The summed E-state index contributed by atoms with van der Waals surface area (Å²) in [7, 11) is -2.16. The van der Waals surface area contributed by atoms with Crippen molar-refractivity contribution in [1.29, 1.82) is 0 Å². The highest BCUT2D eigenvalue weighted by Gasteiger charge is 2.57. The lowest BCUT2D eigenvalue weighted by Crippen LogP contribution is -2.61. The highest BCUT2D eigenvalue weighted by Crippen LogP contribution is 2.33. The lowest BCUT2D eigenvalue weighted by atomic mass is 9.90. The maximum absolute atomic E-state index is 13.3. The molecule has 1 unspecified atom stereocenters. The van der Waals surface area contributed by atoms with Gasteiger partial charge >= 0.3 is 12.2 Å². The van der Waals surface area contributed by atoms with Crippen molar-refractivity contribution in [2.75, 3.05) is 7.05 Å². The van der Waals surface area contributed by atoms with E-state index in [1.165, 1.54) is 38.2 Å². The van der Waals surface area contributed by atoms with Gasteiger partial charge in [-0.2, -0.15) is 5.10 Å². The fraction of sp³-hybridized carbons (Fsp3) is 0.583. The van der Waals surface area contributed by atoms with Gasteiger partial charge in [-0.15, -0.1) is 5.06 Å². The summed E-state index contributed by atoms with van der Waals surface area (Å²) in [6.07, 6.45) is -2.35. The summed E-state index contributed by atoms with van der Waals surface area (Å²) in [6.45, 7) is 14.2. The second kappa shape index (κ2) is 9.72. The van der Waals surface area contributed by atoms with Gasteiger partial charge in [-0.3, -0.25) is 9.63 Å². The summed E-state index contributed by atoms with van der Waals surface area (Å²) in [5.41, 5.74) is -3.51. The molecule has 12 heteroatoms. The van der Waals surface area contributed by atoms with Crippen LogP contribution in [0.4, 0.5) is 9.59 Å². The Morgan fingerprint density at radius 3 is 1.94 bits per heavy atom. The van der Waals surface area contributed by atoms with Crippen LogP contribution < -0.4 is 0 Å². The standard InChI is InChI=1S/C24H35N3O8S/c1-15(2)36(31,32)17-13-11-16(12-14-17)18-24(9,19(28)26(10)25-18)27(20(29)33-22(3,4)5)35-21(30)34-23(6,7)8/h11-15H,1-10H3. The third-order valence-electron chi connectivity index (χ3n) is 5.02. The van der Waals surface area contributed by atoms with Crippen molar-refractivity contribution < 1.29 is 37.1 Å². The number of benzene rings is 1. The number of sulfone groups is 1. The minimum absolute atomic E-state index is 0.0397. The van der Waals surface area contributed by atoms with Gasteiger partial charge in [-0.1, -0.05) is 12.1 Å². The summed E-state index contributed by atoms with van der Waals surface area (Å²) in [5, 5.41) is 5.15. The van der Waals surface area contributed by atoms with E-state index in [9.17, 15) is 22.8 Å². The molecule has 0 aliphatic carbocycles. The van der Waals surface area contributed by atoms with Gasteiger partial charge < -0.3 is 9.47 Å². The fourth-order valence-corrected chi connectivity index (χ4v) is 4.32. The van der Waals surface area contributed by atoms with Crippen LogP contribution in [0.2, 0.25) is 0 Å². The molecular weight excluding hydrogens is 490 g/mol. The second-order valence-electron chi connectivity index (χ2n) is 10.8. The number of carbonyl (C=O) groups is 3. The fourth-order valence-electron chi connectivity index (χ4n) is 3.26. The summed E-state index contributed by atoms with van der Waals surface area (Å²) in [4.78, 5) is 44.5. The topological polar surface area (TPSA) is 132 Å². The average Bonchev–Trinajstić information content (AvgIpc) is 2.94. The summed E-state index contributed by atoms with van der Waals surface area (Å²) in [5.74, 6) is -0.689. The molecule has 200 valence electrons. The van der Waals surface area contributed by atoms with Crippen LogP contribution in [0.25, 0.3) is 0 Å². The monoisotopic (exact) mass is 525 g/mol. The van der Waals surface area contributed by atoms with E-state index in [-0.39, 0.29) is 10.6 Å². The maximum Gasteiger partial charge on any atom is 0.534 e. The Labute approximate surface area is 212 Å². The maximum atomic E-state index is 13.3. The number of hydroxylamine groups is 2. The summed E-state index contributed by atoms with van der Waals surface area (Å²) >= 11 is 0. The van der Waals surface area contributed by atoms with Crippen molar-refractivity contribution in [2.45, 2.75) is 89.2 Å². The van der Waals surface area contributed by atoms with Gasteiger partial charge in [-0.05, 0) is 74.4 Å². The molecule has 0 bridgehead atoms. The summed E-state index contributed by atoms with van der Waals surface area (Å²) < 4.78 is 35.7. The molecule has 1 heterocycles. The first-order valence-corrected chi connectivity index (χ1v) is 12.9. The van der Waals surface area contributed by atoms with Gasteiger partial charge in [0.15, 0.2) is 9.84 Å². The molecule has 0 aromatic heterocycles. The van der Waals surface area contributed by atoms with Crippen molar-refractivity contribution in [3.8, 4) is 0 Å². The molecule has 1 aliphatic rings. The largest absolute Gasteiger partial charge is 0.534 e. The Kier molecular flexibility index (Phi) is 7.85. The van der Waals surface area contributed by atoms with E-state index < -0.39 is 50.0 Å². The summed E-state index contributed by atoms with van der Waals surface area (Å²) in [6, 6.07) is 5.73. The number of likely N-dealkylation sites (N-methyl/N-ethyl adjacent to an activating group) is 1. The van der Waals surface area contributed by atoms with Crippen molar-refractivity contribution in [3.05, 3.63) is 29.8 Å². The minimum Gasteiger partial charge on any atom is -0.442 e. The Morgan fingerprint density at radius 2 is 1.50 bits per heavy atom. The molecule has 0 spiro atoms. The van der Waals surface area contributed by atoms with Crippen molar-refractivity contribution in [1.82, 2.24) is 10.1 Å². The zero-order valence-electron chi connectivity index (χ0n) is 22.4. The molecule has 0 radical (unpaired) electrons. The van der Waals surface area contributed by atoms with Crippen LogP contribution in [-0.2, 0) is 28.9 Å². The van der Waals surface area contributed by atoms with Crippen LogP contribution in [0.3, 0.4) is 0 Å². The molecule has 1 aliphatic heterocycles. The molecular formula is C24H35N3O8S. The molecule has 1 atom stereocenters. The highest BCUT2D eigenvalue weighted by atomic mass is 32.2. The Balaban J connectivity index is 2.60. The van der Waals surface area contributed by atoms with Gasteiger partial charge in [0.05, 0.1) is 10.1 Å². The van der Waals surface area contributed by atoms with Crippen molar-refractivity contribution >= 4 is 33.7 Å². The van der Waals surface area contributed by atoms with Crippen LogP contribution in [0.5, 0.6) is 0 Å². The lowest BCUT2D eigenvalue weighted by Gasteiger charge is -2.36. The number of carbonyl (C=O) groups excluding carboxylic acids is 3. The third kappa shape index (κ3) is 6.15. The molecule has 2 rings (SSSR count). The number of hydrogen-bond acceptors (Lipinski definition) is 9. The molecule has 1 aromatic rings. The lowest BCUT2D eigenvalue weighted by molar-refractivity contribution is -0.176. The smallest absolute Gasteiger partial charge is 0.442 e. The van der Waals surface area contributed by atoms with Crippen LogP contribution in [0.1, 0.15) is 67.9 Å². The van der Waals surface area contributed by atoms with Crippen LogP contribution >= 0.6 is 0 Å². The molecule has 0 saturated carbocycles. The van der Waals surface area contributed by atoms with E-state index in [0.29, 0.717) is 10.6 Å². The highest BCUT2D eigenvalue weighted by molar-refractivity contribution is 7.92. The number of amides is 2. The molecule has 1 aromatic carbocycles. The van der Waals surface area contributed by atoms with E-state index in [1.807, 2.05) is 0 Å². The Morgan fingerprint density at radius 1 is 1.00 bits per heavy atom. The number of nitrogens with zero attached hydrogens (tertiary/aromatic N) is 3. The van der Waals surface area contributed by atoms with Gasteiger partial charge in [-0.25, -0.2) is 23.0 Å². The number of rotatable bonds is 4. The molecule has 0 saturated heterocycles. The molecule has 0 fully saturated rings. The van der Waals surface area contributed by atoms with E-state index in [0.717, 1.165) is 5.01 Å². The molecule has 2 amide bonds. The zero-order chi connectivity index (χ0) is 27.9. The number of ether oxygens (including phenoxy) is 2. The Hall–Kier alpha value is -3.15. The number of hydrazone groups is 1. The van der Waals surface area contributed by atoms with Crippen molar-refractivity contribution in [3.63, 3.8) is 0 Å². The normalized spacial score (nSPS) is 18.7. The Bertz CT molecular complexity index is 1160. The van der Waals surface area contributed by atoms with E-state index in [4.69, 9.17) is 14.3 Å². The quantitative estimate of drug-likeness (QED) is 0.427. The first-order valence-electron chi connectivity index (χ1n) is 11.4. The zero-order valence-corrected chi connectivity index (χ0v) is 23.2. The average molecular weight is 526 g/mol. The van der Waals surface area contributed by atoms with E-state index in [2.05, 4.69) is 5.10 Å². The predicted octanol–water partition coefficient (Wildman–Crippen LogP) is 3.91. The van der Waals surface area contributed by atoms with Crippen LogP contribution in [0.15, 0.2) is 34.3 Å². The minimum atomic E-state index is -3.54. The van der Waals surface area contributed by atoms with Gasteiger partial charge in [0.1, 0.15) is 16.9 Å². The van der Waals surface area contributed by atoms with E-state index in [1.54, 1.807) is 55.4 Å². The van der Waals surface area contributed by atoms with Crippen molar-refractivity contribution in [2.24, 2.45) is 5.10 Å². The first-order chi connectivity index (χ1) is 16.2. The van der Waals surface area contributed by atoms with Gasteiger partial charge in [0, 0.05) is 12.6 Å². The SMILES string of the molecule is CC(C)S(=O)(=O)c1ccc(C2=NN(C)C(=O)C2(C)N(OC(=O)OC(C)(C)C)C(=O)OC(C)(C)C)cc1. The predicted molar refractivity (Wildman–Crippen MR) is 132 cm³/mol. The third-order valence-corrected chi connectivity index (χ3v) is 7.19. The van der Waals surface area contributed by atoms with Gasteiger partial charge in [0.25, 0.3) is 5.91 Å². The molecule has 0 N–H and O–H groups in total. The van der Waals surface area contributed by atoms with Crippen LogP contribution in [-0.4, -0.2) is 71.4 Å². The van der Waals surface area contributed by atoms with Crippen LogP contribution in [0, 0.1) is 0 Å². The first kappa shape index (κ1) is 29.1. The van der Waals surface area contributed by atoms with Gasteiger partial charge in [0.2, 0.25) is 5.54 Å².